The Bertz CT molecular complexity index is 1490. The van der Waals surface area contributed by atoms with Gasteiger partial charge in [0.25, 0.3) is 0 Å². The molecule has 14 heteroatoms. The number of sulfonamides is 1. The fourth-order valence-electron chi connectivity index (χ4n) is 3.87. The van der Waals surface area contributed by atoms with Crippen molar-refractivity contribution < 1.29 is 35.4 Å². The number of halogens is 2. The molecule has 1 saturated heterocycles. The summed E-state index contributed by atoms with van der Waals surface area (Å²) in [5.74, 6) is -3.64. The van der Waals surface area contributed by atoms with Crippen molar-refractivity contribution in [1.82, 2.24) is 9.97 Å². The third-order valence-corrected chi connectivity index (χ3v) is 8.64. The van der Waals surface area contributed by atoms with Crippen LogP contribution in [-0.2, 0) is 19.9 Å². The minimum absolute atomic E-state index is 0.0228. The third kappa shape index (κ3) is 4.73. The van der Waals surface area contributed by atoms with Gasteiger partial charge in [0.15, 0.2) is 15.7 Å². The van der Waals surface area contributed by atoms with E-state index in [1.165, 1.54) is 12.5 Å². The first-order chi connectivity index (χ1) is 16.0. The number of H-pyrrole nitrogens is 2. The average Bonchev–Trinajstić information content (AvgIpc) is 3.33. The molecule has 1 fully saturated rings. The summed E-state index contributed by atoms with van der Waals surface area (Å²) in [5, 5.41) is 3.22. The van der Waals surface area contributed by atoms with E-state index < -0.39 is 54.6 Å². The molecule has 4 N–H and O–H groups in total. The first-order valence-electron chi connectivity index (χ1n) is 10.4. The molecule has 10 nitrogen and oxygen atoms in total. The lowest BCUT2D eigenvalue weighted by Gasteiger charge is -2.12. The third-order valence-electron chi connectivity index (χ3n) is 5.39. The number of sulfone groups is 1. The van der Waals surface area contributed by atoms with Crippen LogP contribution in [0, 0.1) is 11.6 Å². The Labute approximate surface area is 194 Å². The van der Waals surface area contributed by atoms with Crippen molar-refractivity contribution in [3.63, 3.8) is 0 Å². The Morgan fingerprint density at radius 3 is 2.76 bits per heavy atom. The summed E-state index contributed by atoms with van der Waals surface area (Å²) in [4.78, 5) is 22.9. The normalized spacial score (nSPS) is 17.7. The Morgan fingerprint density at radius 1 is 1.32 bits per heavy atom. The summed E-state index contributed by atoms with van der Waals surface area (Å²) in [6, 6.07) is 1.30. The number of nitrogens with zero attached hydrogens (tertiary/aromatic N) is 1. The molecule has 4 rings (SSSR count). The SMILES string of the molecule is CCCS(=O)(=O)Nc1ccc(F)c(C(=O)c2c[nH]c3nc[nH+]c(NC4CCS(=O)(=O)C4)c23)c1F. The molecule has 0 bridgehead atoms. The van der Waals surface area contributed by atoms with Crippen LogP contribution in [0.2, 0.25) is 0 Å². The second-order valence-electron chi connectivity index (χ2n) is 7.98. The van der Waals surface area contributed by atoms with Crippen LogP contribution in [0.1, 0.15) is 35.7 Å². The van der Waals surface area contributed by atoms with Crippen LogP contribution in [0.3, 0.4) is 0 Å². The number of hydrogen-bond acceptors (Lipinski definition) is 7. The Kier molecular flexibility index (Phi) is 6.29. The van der Waals surface area contributed by atoms with Crippen molar-refractivity contribution in [2.24, 2.45) is 0 Å². The van der Waals surface area contributed by atoms with Gasteiger partial charge in [-0.05, 0) is 25.0 Å². The number of anilines is 2. The molecule has 0 aliphatic carbocycles. The number of fused-ring (bicyclic) bond motifs is 1. The molecule has 34 heavy (non-hydrogen) atoms. The summed E-state index contributed by atoms with van der Waals surface area (Å²) >= 11 is 0. The van der Waals surface area contributed by atoms with Crippen molar-refractivity contribution >= 4 is 48.2 Å². The summed E-state index contributed by atoms with van der Waals surface area (Å²) in [6.45, 7) is 1.63. The van der Waals surface area contributed by atoms with E-state index in [4.69, 9.17) is 0 Å². The quantitative estimate of drug-likeness (QED) is 0.386. The van der Waals surface area contributed by atoms with Gasteiger partial charge in [0.1, 0.15) is 11.2 Å². The van der Waals surface area contributed by atoms with Crippen molar-refractivity contribution in [3.8, 4) is 0 Å². The van der Waals surface area contributed by atoms with Crippen LogP contribution in [-0.4, -0.2) is 55.9 Å². The van der Waals surface area contributed by atoms with Crippen molar-refractivity contribution in [2.45, 2.75) is 25.8 Å². The molecule has 0 amide bonds. The first-order valence-corrected chi connectivity index (χ1v) is 13.9. The number of carbonyl (C=O) groups excluding carboxylic acids is 1. The molecule has 0 saturated carbocycles. The van der Waals surface area contributed by atoms with E-state index >= 15 is 4.39 Å². The van der Waals surface area contributed by atoms with E-state index in [-0.39, 0.29) is 46.1 Å². The number of nitrogens with one attached hydrogen (secondary N) is 4. The Balaban J connectivity index is 1.75. The largest absolute Gasteiger partial charge is 0.332 e. The van der Waals surface area contributed by atoms with E-state index in [0.717, 1.165) is 12.1 Å². The molecule has 1 unspecified atom stereocenters. The van der Waals surface area contributed by atoms with Gasteiger partial charge in [-0.25, -0.2) is 30.6 Å². The number of benzene rings is 1. The standard InChI is InChI=1S/C20H21F2N5O5S2/c1-2-6-34(31,32)27-14-4-3-13(21)16(17(14)22)18(28)12-8-23-19-15(12)20(25-10-24-19)26-11-5-7-33(29,30)9-11/h3-4,8,10-11,27H,2,5-7,9H2,1H3,(H2,23,24,25,26)/p+1. The van der Waals surface area contributed by atoms with Gasteiger partial charge in [-0.1, -0.05) is 11.9 Å². The smallest absolute Gasteiger partial charge is 0.232 e. The summed E-state index contributed by atoms with van der Waals surface area (Å²) in [6.07, 6.45) is 3.19. The van der Waals surface area contributed by atoms with E-state index in [0.29, 0.717) is 6.42 Å². The van der Waals surface area contributed by atoms with E-state index in [1.807, 2.05) is 4.72 Å². The second kappa shape index (κ2) is 8.91. The topological polar surface area (TPSA) is 152 Å². The molecule has 1 aliphatic heterocycles. The van der Waals surface area contributed by atoms with Gasteiger partial charge in [0, 0.05) is 6.20 Å². The highest BCUT2D eigenvalue weighted by atomic mass is 32.2. The van der Waals surface area contributed by atoms with Gasteiger partial charge in [-0.2, -0.15) is 0 Å². The zero-order chi connectivity index (χ0) is 24.7. The molecule has 2 aromatic heterocycles. The fraction of sp³-hybridized carbons (Fsp3) is 0.350. The van der Waals surface area contributed by atoms with Gasteiger partial charge in [-0.3, -0.25) is 9.52 Å². The van der Waals surface area contributed by atoms with Crippen LogP contribution in [0.5, 0.6) is 0 Å². The molecule has 0 spiro atoms. The van der Waals surface area contributed by atoms with Crippen molar-refractivity contribution in [2.75, 3.05) is 27.3 Å². The molecule has 1 aliphatic rings. The van der Waals surface area contributed by atoms with Crippen LogP contribution in [0.4, 0.5) is 20.3 Å². The predicted octanol–water partition coefficient (Wildman–Crippen LogP) is 1.64. The summed E-state index contributed by atoms with van der Waals surface area (Å²) < 4.78 is 79.5. The molecule has 3 aromatic rings. The number of rotatable bonds is 8. The highest BCUT2D eigenvalue weighted by Gasteiger charge is 2.33. The van der Waals surface area contributed by atoms with Gasteiger partial charge >= 0.3 is 0 Å². The zero-order valence-corrected chi connectivity index (χ0v) is 19.6. The highest BCUT2D eigenvalue weighted by molar-refractivity contribution is 7.92. The van der Waals surface area contributed by atoms with E-state index in [9.17, 15) is 26.0 Å². The molecule has 1 aromatic carbocycles. The molecular weight excluding hydrogens is 492 g/mol. The number of aromatic nitrogens is 3. The Morgan fingerprint density at radius 2 is 2.09 bits per heavy atom. The lowest BCUT2D eigenvalue weighted by Crippen LogP contribution is -2.26. The number of hydrogen-bond donors (Lipinski definition) is 3. The second-order valence-corrected chi connectivity index (χ2v) is 12.1. The van der Waals surface area contributed by atoms with Crippen LogP contribution < -0.4 is 15.0 Å². The Hall–Kier alpha value is -3.13. The molecule has 182 valence electrons. The molecule has 1 atom stereocenters. The predicted molar refractivity (Wildman–Crippen MR) is 121 cm³/mol. The molecule has 0 radical (unpaired) electrons. The van der Waals surface area contributed by atoms with Crippen LogP contribution in [0.25, 0.3) is 11.0 Å². The molecule has 3 heterocycles. The maximum atomic E-state index is 15.2. The van der Waals surface area contributed by atoms with Gasteiger partial charge in [-0.15, -0.1) is 0 Å². The number of ketones is 1. The van der Waals surface area contributed by atoms with Gasteiger partial charge in [0.05, 0.1) is 40.1 Å². The minimum Gasteiger partial charge on any atom is -0.332 e. The first kappa shape index (κ1) is 24.0. The maximum absolute atomic E-state index is 15.2. The van der Waals surface area contributed by atoms with Gasteiger partial charge < -0.3 is 10.3 Å². The van der Waals surface area contributed by atoms with Crippen LogP contribution >= 0.6 is 0 Å². The lowest BCUT2D eigenvalue weighted by molar-refractivity contribution is -0.364. The highest BCUT2D eigenvalue weighted by Crippen LogP contribution is 2.30. The van der Waals surface area contributed by atoms with E-state index in [2.05, 4.69) is 20.3 Å². The van der Waals surface area contributed by atoms with E-state index in [1.54, 1.807) is 6.92 Å². The van der Waals surface area contributed by atoms with Crippen molar-refractivity contribution in [3.05, 3.63) is 47.4 Å². The fourth-order valence-corrected chi connectivity index (χ4v) is 6.67. The van der Waals surface area contributed by atoms with Gasteiger partial charge in [0.2, 0.25) is 33.6 Å². The molecular formula is C20H22F2N5O5S2+. The number of carbonyl (C=O) groups is 1. The average molecular weight is 515 g/mol. The monoisotopic (exact) mass is 514 g/mol. The zero-order valence-electron chi connectivity index (χ0n) is 18.0. The lowest BCUT2D eigenvalue weighted by atomic mass is 10.0. The summed E-state index contributed by atoms with van der Waals surface area (Å²) in [7, 11) is -7.07. The minimum atomic E-state index is -3.88. The summed E-state index contributed by atoms with van der Waals surface area (Å²) in [5.41, 5.74) is -1.38. The van der Waals surface area contributed by atoms with Crippen LogP contribution in [0.15, 0.2) is 24.7 Å². The maximum Gasteiger partial charge on any atom is 0.232 e. The van der Waals surface area contributed by atoms with Crippen molar-refractivity contribution in [1.29, 1.82) is 0 Å². The number of aromatic amines is 2.